The van der Waals surface area contributed by atoms with Crippen molar-refractivity contribution >= 4 is 23.4 Å². The number of imide groups is 1. The van der Waals surface area contributed by atoms with Crippen LogP contribution in [0.25, 0.3) is 0 Å². The Hall–Kier alpha value is -2.96. The van der Waals surface area contributed by atoms with Crippen LogP contribution in [0.15, 0.2) is 34.9 Å². The van der Waals surface area contributed by atoms with Gasteiger partial charge in [0.25, 0.3) is 5.91 Å². The Labute approximate surface area is 132 Å². The molecule has 7 nitrogen and oxygen atoms in total. The van der Waals surface area contributed by atoms with Gasteiger partial charge in [-0.3, -0.25) is 19.3 Å². The van der Waals surface area contributed by atoms with Crippen LogP contribution in [0.1, 0.15) is 34.7 Å². The molecule has 1 N–H and O–H groups in total. The molecule has 7 heteroatoms. The molecular weight excluding hydrogens is 298 g/mol. The molecule has 2 aromatic rings. The second-order valence-corrected chi connectivity index (χ2v) is 5.35. The molecule has 1 aromatic carbocycles. The van der Waals surface area contributed by atoms with Gasteiger partial charge in [-0.1, -0.05) is 17.3 Å². The van der Waals surface area contributed by atoms with E-state index in [1.807, 2.05) is 0 Å². The monoisotopic (exact) mass is 313 g/mol. The molecule has 1 aliphatic heterocycles. The predicted molar refractivity (Wildman–Crippen MR) is 80.4 cm³/mol. The minimum atomic E-state index is -0.362. The Morgan fingerprint density at radius 3 is 2.43 bits per heavy atom. The van der Waals surface area contributed by atoms with Gasteiger partial charge < -0.3 is 9.84 Å². The van der Waals surface area contributed by atoms with E-state index in [-0.39, 0.29) is 42.8 Å². The zero-order chi connectivity index (χ0) is 16.4. The number of amides is 3. The summed E-state index contributed by atoms with van der Waals surface area (Å²) >= 11 is 0. The molecular formula is C16H15N3O4. The summed E-state index contributed by atoms with van der Waals surface area (Å²) in [7, 11) is 0. The second kappa shape index (κ2) is 6.04. The number of carbonyl (C=O) groups excluding carboxylic acids is 3. The van der Waals surface area contributed by atoms with E-state index >= 15 is 0 Å². The Morgan fingerprint density at radius 1 is 1.22 bits per heavy atom. The van der Waals surface area contributed by atoms with Crippen LogP contribution in [0.3, 0.4) is 0 Å². The van der Waals surface area contributed by atoms with E-state index in [9.17, 15) is 14.4 Å². The molecule has 23 heavy (non-hydrogen) atoms. The summed E-state index contributed by atoms with van der Waals surface area (Å²) in [5, 5.41) is 6.35. The van der Waals surface area contributed by atoms with Gasteiger partial charge in [0.2, 0.25) is 11.8 Å². The molecule has 118 valence electrons. The van der Waals surface area contributed by atoms with Gasteiger partial charge >= 0.3 is 0 Å². The van der Waals surface area contributed by atoms with E-state index in [1.54, 1.807) is 37.3 Å². The number of hydrogen-bond acceptors (Lipinski definition) is 5. The van der Waals surface area contributed by atoms with Crippen LogP contribution >= 0.6 is 0 Å². The van der Waals surface area contributed by atoms with E-state index in [4.69, 9.17) is 4.52 Å². The minimum absolute atomic E-state index is 0.145. The molecule has 3 rings (SSSR count). The normalized spacial score (nSPS) is 14.4. The molecule has 1 aliphatic rings. The fraction of sp³-hybridized carbons (Fsp3) is 0.250. The summed E-state index contributed by atoms with van der Waals surface area (Å²) in [5.41, 5.74) is 1.63. The number of anilines is 1. The Bertz CT molecular complexity index is 748. The topological polar surface area (TPSA) is 92.5 Å². The molecule has 0 atom stereocenters. The predicted octanol–water partition coefficient (Wildman–Crippen LogP) is 1.88. The summed E-state index contributed by atoms with van der Waals surface area (Å²) < 4.78 is 4.86. The van der Waals surface area contributed by atoms with Crippen molar-refractivity contribution in [3.63, 3.8) is 0 Å². The summed E-state index contributed by atoms with van der Waals surface area (Å²) in [6.07, 6.45) is 0.564. The molecule has 1 aromatic heterocycles. The number of nitrogens with zero attached hydrogens (tertiary/aromatic N) is 2. The van der Waals surface area contributed by atoms with E-state index in [0.29, 0.717) is 11.4 Å². The van der Waals surface area contributed by atoms with E-state index in [1.165, 1.54) is 4.90 Å². The average Bonchev–Trinajstić information content (AvgIpc) is 3.10. The third-order valence-electron chi connectivity index (χ3n) is 3.57. The van der Waals surface area contributed by atoms with Crippen LogP contribution in [-0.2, 0) is 16.1 Å². The number of aryl methyl sites for hydroxylation is 1. The number of benzene rings is 1. The van der Waals surface area contributed by atoms with Gasteiger partial charge in [0.15, 0.2) is 5.69 Å². The van der Waals surface area contributed by atoms with Crippen molar-refractivity contribution in [2.75, 3.05) is 5.32 Å². The highest BCUT2D eigenvalue weighted by Gasteiger charge is 2.28. The first-order valence-electron chi connectivity index (χ1n) is 7.20. The minimum Gasteiger partial charge on any atom is -0.361 e. The highest BCUT2D eigenvalue weighted by Crippen LogP contribution is 2.17. The number of carbonyl (C=O) groups is 3. The van der Waals surface area contributed by atoms with Crippen LogP contribution in [0, 0.1) is 6.92 Å². The zero-order valence-electron chi connectivity index (χ0n) is 12.5. The van der Waals surface area contributed by atoms with Gasteiger partial charge in [0.1, 0.15) is 5.76 Å². The maximum absolute atomic E-state index is 11.9. The van der Waals surface area contributed by atoms with E-state index in [0.717, 1.165) is 5.56 Å². The molecule has 1 fully saturated rings. The lowest BCUT2D eigenvalue weighted by Crippen LogP contribution is -2.28. The lowest BCUT2D eigenvalue weighted by atomic mass is 10.2. The van der Waals surface area contributed by atoms with Crippen LogP contribution in [-0.4, -0.2) is 27.8 Å². The van der Waals surface area contributed by atoms with Crippen LogP contribution in [0.2, 0.25) is 0 Å². The molecule has 1 saturated heterocycles. The lowest BCUT2D eigenvalue weighted by molar-refractivity contribution is -0.139. The Kier molecular flexibility index (Phi) is 3.92. The number of rotatable bonds is 4. The number of nitrogens with one attached hydrogen (secondary N) is 1. The molecule has 2 heterocycles. The molecule has 3 amide bonds. The van der Waals surface area contributed by atoms with Gasteiger partial charge in [-0.05, 0) is 24.6 Å². The third kappa shape index (κ3) is 3.28. The van der Waals surface area contributed by atoms with Crippen molar-refractivity contribution in [2.45, 2.75) is 26.3 Å². The van der Waals surface area contributed by atoms with Crippen LogP contribution in [0.5, 0.6) is 0 Å². The average molecular weight is 313 g/mol. The van der Waals surface area contributed by atoms with Gasteiger partial charge in [-0.2, -0.15) is 0 Å². The molecule has 0 radical (unpaired) electrons. The maximum Gasteiger partial charge on any atom is 0.277 e. The smallest absolute Gasteiger partial charge is 0.277 e. The van der Waals surface area contributed by atoms with Gasteiger partial charge in [0, 0.05) is 24.6 Å². The number of aromatic nitrogens is 1. The number of likely N-dealkylation sites (tertiary alicyclic amines) is 1. The molecule has 0 bridgehead atoms. The van der Waals surface area contributed by atoms with E-state index in [2.05, 4.69) is 10.5 Å². The summed E-state index contributed by atoms with van der Waals surface area (Å²) in [5.74, 6) is -0.0903. The van der Waals surface area contributed by atoms with Crippen LogP contribution < -0.4 is 5.32 Å². The quantitative estimate of drug-likeness (QED) is 0.870. The first-order valence-corrected chi connectivity index (χ1v) is 7.20. The Balaban J connectivity index is 1.64. The lowest BCUT2D eigenvalue weighted by Gasteiger charge is -2.14. The first kappa shape index (κ1) is 15.0. The van der Waals surface area contributed by atoms with Crippen molar-refractivity contribution in [1.29, 1.82) is 0 Å². The van der Waals surface area contributed by atoms with E-state index < -0.39 is 0 Å². The number of hydrogen-bond donors (Lipinski definition) is 1. The third-order valence-corrected chi connectivity index (χ3v) is 3.57. The van der Waals surface area contributed by atoms with Crippen LogP contribution in [0.4, 0.5) is 5.69 Å². The Morgan fingerprint density at radius 2 is 1.87 bits per heavy atom. The van der Waals surface area contributed by atoms with Crippen molar-refractivity contribution in [3.8, 4) is 0 Å². The standard InChI is InChI=1S/C16H15N3O4/c1-10-8-13(18-23-10)16(22)17-12-4-2-11(3-5-12)9-19-14(20)6-7-15(19)21/h2-5,8H,6-7,9H2,1H3,(H,17,22). The maximum atomic E-state index is 11.9. The largest absolute Gasteiger partial charge is 0.361 e. The highest BCUT2D eigenvalue weighted by atomic mass is 16.5. The highest BCUT2D eigenvalue weighted by molar-refractivity contribution is 6.03. The molecule has 0 spiro atoms. The SMILES string of the molecule is Cc1cc(C(=O)Nc2ccc(CN3C(=O)CCC3=O)cc2)no1. The summed E-state index contributed by atoms with van der Waals surface area (Å²) in [4.78, 5) is 36.4. The van der Waals surface area contributed by atoms with Crippen molar-refractivity contribution in [3.05, 3.63) is 47.3 Å². The van der Waals surface area contributed by atoms with Gasteiger partial charge in [-0.15, -0.1) is 0 Å². The molecule has 0 saturated carbocycles. The summed E-state index contributed by atoms with van der Waals surface area (Å²) in [6.45, 7) is 1.97. The van der Waals surface area contributed by atoms with Gasteiger partial charge in [-0.25, -0.2) is 0 Å². The second-order valence-electron chi connectivity index (χ2n) is 5.35. The fourth-order valence-corrected chi connectivity index (χ4v) is 2.34. The van der Waals surface area contributed by atoms with Gasteiger partial charge in [0.05, 0.1) is 6.54 Å². The summed E-state index contributed by atoms with van der Waals surface area (Å²) in [6, 6.07) is 8.51. The van der Waals surface area contributed by atoms with Crippen molar-refractivity contribution in [1.82, 2.24) is 10.1 Å². The first-order chi connectivity index (χ1) is 11.0. The molecule has 0 unspecified atom stereocenters. The zero-order valence-corrected chi connectivity index (χ0v) is 12.5. The fourth-order valence-electron chi connectivity index (χ4n) is 2.34. The molecule has 0 aliphatic carbocycles. The van der Waals surface area contributed by atoms with Crippen molar-refractivity contribution < 1.29 is 18.9 Å². The van der Waals surface area contributed by atoms with Crippen molar-refractivity contribution in [2.24, 2.45) is 0 Å².